The molecule has 0 aliphatic rings. The summed E-state index contributed by atoms with van der Waals surface area (Å²) in [6.45, 7) is 2.43. The number of rotatable bonds is 46. The summed E-state index contributed by atoms with van der Waals surface area (Å²) in [5.41, 5.74) is 0. The van der Waals surface area contributed by atoms with Gasteiger partial charge in [-0.05, 0) is 12.8 Å². The number of hydrogen-bond acceptors (Lipinski definition) is 9. The molecule has 0 spiro atoms. The molecule has 0 fully saturated rings. The van der Waals surface area contributed by atoms with Crippen molar-refractivity contribution in [2.75, 3.05) is 26.4 Å². The average Bonchev–Trinajstić information content (AvgIpc) is 3.20. The third kappa shape index (κ3) is 42.9. The van der Waals surface area contributed by atoms with E-state index in [1.165, 1.54) is 173 Å². The van der Waals surface area contributed by atoms with Crippen molar-refractivity contribution in [3.8, 4) is 0 Å². The fraction of sp³-hybridized carbons (Fsp3) is 0.957. The summed E-state index contributed by atoms with van der Waals surface area (Å²) in [6.07, 6.45) is 40.7. The first-order valence-electron chi connectivity index (χ1n) is 24.0. The molecule has 0 saturated heterocycles. The van der Waals surface area contributed by atoms with Crippen molar-refractivity contribution in [2.24, 2.45) is 0 Å². The molecule has 0 bridgehead atoms. The van der Waals surface area contributed by atoms with E-state index in [4.69, 9.17) is 23.6 Å². The highest BCUT2D eigenvalue weighted by atomic mass is 31.2. The van der Waals surface area contributed by atoms with Gasteiger partial charge in [-0.2, -0.15) is 0 Å². The number of phosphoric ester groups is 1. The highest BCUT2D eigenvalue weighted by molar-refractivity contribution is 7.47. The third-order valence-electron chi connectivity index (χ3n) is 10.8. The van der Waals surface area contributed by atoms with Crippen LogP contribution in [0.15, 0.2) is 0 Å². The van der Waals surface area contributed by atoms with Crippen LogP contribution in [0.1, 0.15) is 245 Å². The second-order valence-electron chi connectivity index (χ2n) is 16.5. The van der Waals surface area contributed by atoms with Crippen molar-refractivity contribution < 1.29 is 47.8 Å². The predicted octanol–water partition coefficient (Wildman–Crippen LogP) is 13.0. The summed E-state index contributed by atoms with van der Waals surface area (Å²) in [4.78, 5) is 35.0. The first-order valence-corrected chi connectivity index (χ1v) is 25.5. The molecule has 11 heteroatoms. The number of esters is 2. The van der Waals surface area contributed by atoms with Crippen LogP contribution in [0, 0.1) is 0 Å². The van der Waals surface area contributed by atoms with Crippen molar-refractivity contribution in [2.45, 2.75) is 257 Å². The van der Waals surface area contributed by atoms with Crippen molar-refractivity contribution in [3.63, 3.8) is 0 Å². The summed E-state index contributed by atoms with van der Waals surface area (Å²) in [5.74, 6) is -0.906. The molecule has 0 aromatic carbocycles. The van der Waals surface area contributed by atoms with Gasteiger partial charge in [-0.1, -0.05) is 219 Å². The van der Waals surface area contributed by atoms with Crippen LogP contribution >= 0.6 is 7.82 Å². The summed E-state index contributed by atoms with van der Waals surface area (Å²) in [5, 5.41) is 18.4. The minimum atomic E-state index is -4.61. The van der Waals surface area contributed by atoms with E-state index >= 15 is 0 Å². The standard InChI is InChI=1S/C46H91O10P/c1-3-5-7-9-11-13-15-17-18-19-20-21-22-23-24-26-28-30-32-34-36-38-46(50)56-44(42-55-57(51,52)54-40-43(48)39-47)41-53-45(49)37-35-33-31-29-27-25-16-14-12-10-8-6-4-2/h43-44,47-48H,3-42H2,1-2H3,(H,51,52)/t43-,44+/m0/s1. The minimum Gasteiger partial charge on any atom is -0.462 e. The lowest BCUT2D eigenvalue weighted by Crippen LogP contribution is -2.29. The maximum absolute atomic E-state index is 12.6. The van der Waals surface area contributed by atoms with E-state index in [1.54, 1.807) is 0 Å². The van der Waals surface area contributed by atoms with Gasteiger partial charge < -0.3 is 24.6 Å². The second kappa shape index (κ2) is 43.1. The molecule has 0 aromatic rings. The average molecular weight is 835 g/mol. The molecule has 0 aliphatic carbocycles. The van der Waals surface area contributed by atoms with Crippen molar-refractivity contribution in [3.05, 3.63) is 0 Å². The molecule has 3 atom stereocenters. The molecule has 0 radical (unpaired) electrons. The van der Waals surface area contributed by atoms with Crippen molar-refractivity contribution >= 4 is 19.8 Å². The zero-order valence-electron chi connectivity index (χ0n) is 37.1. The van der Waals surface area contributed by atoms with E-state index in [1.807, 2.05) is 0 Å². The van der Waals surface area contributed by atoms with Gasteiger partial charge in [0, 0.05) is 12.8 Å². The predicted molar refractivity (Wildman–Crippen MR) is 233 cm³/mol. The van der Waals surface area contributed by atoms with Crippen molar-refractivity contribution in [1.29, 1.82) is 0 Å². The number of carbonyl (C=O) groups is 2. The van der Waals surface area contributed by atoms with E-state index in [9.17, 15) is 24.2 Å². The number of aliphatic hydroxyl groups is 2. The van der Waals surface area contributed by atoms with Crippen LogP contribution in [0.25, 0.3) is 0 Å². The van der Waals surface area contributed by atoms with Gasteiger partial charge in [0.1, 0.15) is 12.7 Å². The van der Waals surface area contributed by atoms with Crippen LogP contribution in [-0.4, -0.2) is 65.7 Å². The maximum Gasteiger partial charge on any atom is 0.472 e. The number of ether oxygens (including phenoxy) is 2. The lowest BCUT2D eigenvalue weighted by molar-refractivity contribution is -0.161. The Kier molecular flexibility index (Phi) is 42.3. The van der Waals surface area contributed by atoms with Gasteiger partial charge >= 0.3 is 19.8 Å². The number of aliphatic hydroxyl groups excluding tert-OH is 2. The summed E-state index contributed by atoms with van der Waals surface area (Å²) in [7, 11) is -4.61. The van der Waals surface area contributed by atoms with Crippen LogP contribution in [0.4, 0.5) is 0 Å². The molecule has 0 amide bonds. The molecule has 0 aliphatic heterocycles. The number of unbranched alkanes of at least 4 members (excludes halogenated alkanes) is 32. The van der Waals surface area contributed by atoms with E-state index in [0.29, 0.717) is 12.8 Å². The second-order valence-corrected chi connectivity index (χ2v) is 18.0. The molecule has 10 nitrogen and oxygen atoms in total. The van der Waals surface area contributed by atoms with Gasteiger partial charge in [-0.25, -0.2) is 4.57 Å². The topological polar surface area (TPSA) is 149 Å². The lowest BCUT2D eigenvalue weighted by atomic mass is 10.0. The molecule has 340 valence electrons. The maximum atomic E-state index is 12.6. The Morgan fingerprint density at radius 3 is 1.09 bits per heavy atom. The fourth-order valence-corrected chi connectivity index (χ4v) is 7.84. The van der Waals surface area contributed by atoms with Crippen LogP contribution < -0.4 is 0 Å². The normalized spacial score (nSPS) is 13.7. The molecular formula is C46H91O10P. The van der Waals surface area contributed by atoms with Crippen LogP contribution in [0.5, 0.6) is 0 Å². The molecule has 0 aromatic heterocycles. The smallest absolute Gasteiger partial charge is 0.462 e. The Hall–Kier alpha value is -1.03. The SMILES string of the molecule is CCCCCCCCCCCCCCCCCCCCCCCC(=O)O[C@H](COC(=O)CCCCCCCCCCCCCCC)COP(=O)(O)OC[C@@H](O)CO. The summed E-state index contributed by atoms with van der Waals surface area (Å²) >= 11 is 0. The molecule has 1 unspecified atom stereocenters. The lowest BCUT2D eigenvalue weighted by Gasteiger charge is -2.20. The van der Waals surface area contributed by atoms with E-state index < -0.39 is 51.8 Å². The zero-order chi connectivity index (χ0) is 41.9. The summed E-state index contributed by atoms with van der Waals surface area (Å²) < 4.78 is 32.8. The van der Waals surface area contributed by atoms with Gasteiger partial charge in [-0.3, -0.25) is 18.6 Å². The van der Waals surface area contributed by atoms with Crippen LogP contribution in [0.2, 0.25) is 0 Å². The summed E-state index contributed by atoms with van der Waals surface area (Å²) in [6, 6.07) is 0. The van der Waals surface area contributed by atoms with Crippen LogP contribution in [0.3, 0.4) is 0 Å². The van der Waals surface area contributed by atoms with E-state index in [-0.39, 0.29) is 19.4 Å². The quantitative estimate of drug-likeness (QED) is 0.0307. The molecule has 0 heterocycles. The molecule has 3 N–H and O–H groups in total. The zero-order valence-corrected chi connectivity index (χ0v) is 38.0. The Balaban J connectivity index is 4.14. The highest BCUT2D eigenvalue weighted by Crippen LogP contribution is 2.43. The number of phosphoric acid groups is 1. The van der Waals surface area contributed by atoms with Crippen LogP contribution in [-0.2, 0) is 32.7 Å². The van der Waals surface area contributed by atoms with Gasteiger partial charge in [0.15, 0.2) is 6.10 Å². The van der Waals surface area contributed by atoms with E-state index in [2.05, 4.69) is 13.8 Å². The van der Waals surface area contributed by atoms with E-state index in [0.717, 1.165) is 32.1 Å². The van der Waals surface area contributed by atoms with Gasteiger partial charge in [0.2, 0.25) is 0 Å². The first kappa shape index (κ1) is 56.0. The minimum absolute atomic E-state index is 0.193. The Morgan fingerprint density at radius 2 is 0.754 bits per heavy atom. The molecular weight excluding hydrogens is 743 g/mol. The Labute approximate surface area is 350 Å². The fourth-order valence-electron chi connectivity index (χ4n) is 7.05. The monoisotopic (exact) mass is 835 g/mol. The van der Waals surface area contributed by atoms with Gasteiger partial charge in [0.25, 0.3) is 0 Å². The molecule has 0 saturated carbocycles. The van der Waals surface area contributed by atoms with Gasteiger partial charge in [-0.15, -0.1) is 0 Å². The third-order valence-corrected chi connectivity index (χ3v) is 11.7. The largest absolute Gasteiger partial charge is 0.472 e. The van der Waals surface area contributed by atoms with Crippen molar-refractivity contribution in [1.82, 2.24) is 0 Å². The number of hydrogen-bond donors (Lipinski definition) is 3. The highest BCUT2D eigenvalue weighted by Gasteiger charge is 2.27. The first-order chi connectivity index (χ1) is 27.7. The Bertz CT molecular complexity index is 920. The Morgan fingerprint density at radius 1 is 0.456 bits per heavy atom. The number of carbonyl (C=O) groups excluding carboxylic acids is 2. The molecule has 57 heavy (non-hydrogen) atoms. The molecule has 0 rings (SSSR count). The van der Waals surface area contributed by atoms with Gasteiger partial charge in [0.05, 0.1) is 19.8 Å².